The van der Waals surface area contributed by atoms with E-state index in [9.17, 15) is 0 Å². The molecular formula is C50H35NO. The van der Waals surface area contributed by atoms with Crippen molar-refractivity contribution in [1.29, 1.82) is 0 Å². The molecule has 0 aliphatic carbocycles. The van der Waals surface area contributed by atoms with Gasteiger partial charge in [-0.1, -0.05) is 170 Å². The monoisotopic (exact) mass is 665 g/mol. The van der Waals surface area contributed by atoms with Crippen LogP contribution in [0, 0.1) is 0 Å². The fourth-order valence-corrected chi connectivity index (χ4v) is 7.10. The summed E-state index contributed by atoms with van der Waals surface area (Å²) < 4.78 is 6.16. The average Bonchev–Trinajstić information content (AvgIpc) is 3.67. The molecule has 2 heteroatoms. The topological polar surface area (TPSA) is 16.4 Å². The number of benzene rings is 8. The first kappa shape index (κ1) is 31.1. The van der Waals surface area contributed by atoms with Crippen LogP contribution in [0.15, 0.2) is 217 Å². The molecule has 2 nitrogen and oxygen atoms in total. The van der Waals surface area contributed by atoms with E-state index in [-0.39, 0.29) is 0 Å². The van der Waals surface area contributed by atoms with Crippen molar-refractivity contribution in [2.24, 2.45) is 0 Å². The SMILES string of the molecule is c1ccc(-c2ccccc2N(c2ccc(-c3ccc(-c4cccc(-c5cc6ccccc6o5)c4)cc3)cc2)c2ccccc2-c2ccccc2)cc1. The van der Waals surface area contributed by atoms with E-state index in [1.54, 1.807) is 0 Å². The Kier molecular flexibility index (Phi) is 8.24. The van der Waals surface area contributed by atoms with Crippen molar-refractivity contribution >= 4 is 28.0 Å². The summed E-state index contributed by atoms with van der Waals surface area (Å²) in [5, 5.41) is 1.11. The Bertz CT molecular complexity index is 2490. The Balaban J connectivity index is 1.07. The molecule has 1 heterocycles. The Morgan fingerprint density at radius 1 is 0.308 bits per heavy atom. The van der Waals surface area contributed by atoms with Gasteiger partial charge in [-0.05, 0) is 75.8 Å². The van der Waals surface area contributed by atoms with Gasteiger partial charge >= 0.3 is 0 Å². The number of anilines is 3. The summed E-state index contributed by atoms with van der Waals surface area (Å²) in [7, 11) is 0. The average molecular weight is 666 g/mol. The number of para-hydroxylation sites is 3. The number of hydrogen-bond donors (Lipinski definition) is 0. The fourth-order valence-electron chi connectivity index (χ4n) is 7.10. The molecule has 246 valence electrons. The van der Waals surface area contributed by atoms with Crippen LogP contribution in [-0.2, 0) is 0 Å². The zero-order chi connectivity index (χ0) is 34.7. The summed E-state index contributed by atoms with van der Waals surface area (Å²) in [6.07, 6.45) is 0. The van der Waals surface area contributed by atoms with Crippen LogP contribution in [0.4, 0.5) is 17.1 Å². The van der Waals surface area contributed by atoms with Gasteiger partial charge in [0.15, 0.2) is 0 Å². The molecule has 8 aromatic carbocycles. The molecule has 0 fully saturated rings. The van der Waals surface area contributed by atoms with Gasteiger partial charge in [-0.25, -0.2) is 0 Å². The van der Waals surface area contributed by atoms with Gasteiger partial charge in [-0.2, -0.15) is 0 Å². The van der Waals surface area contributed by atoms with E-state index in [2.05, 4.69) is 199 Å². The minimum absolute atomic E-state index is 0.881. The van der Waals surface area contributed by atoms with Gasteiger partial charge in [0.2, 0.25) is 0 Å². The van der Waals surface area contributed by atoms with Crippen molar-refractivity contribution in [3.05, 3.63) is 212 Å². The highest BCUT2D eigenvalue weighted by Crippen LogP contribution is 2.45. The molecule has 0 spiro atoms. The van der Waals surface area contributed by atoms with Gasteiger partial charge in [0, 0.05) is 27.8 Å². The van der Waals surface area contributed by atoms with Gasteiger partial charge in [0.1, 0.15) is 11.3 Å². The first-order valence-electron chi connectivity index (χ1n) is 17.7. The van der Waals surface area contributed by atoms with E-state index in [0.29, 0.717) is 0 Å². The van der Waals surface area contributed by atoms with Gasteiger partial charge in [0.05, 0.1) is 11.4 Å². The van der Waals surface area contributed by atoms with E-state index in [0.717, 1.165) is 44.9 Å². The van der Waals surface area contributed by atoms with Gasteiger partial charge in [0.25, 0.3) is 0 Å². The van der Waals surface area contributed by atoms with Crippen LogP contribution in [0.5, 0.6) is 0 Å². The first-order valence-corrected chi connectivity index (χ1v) is 17.7. The normalized spacial score (nSPS) is 11.1. The molecule has 0 amide bonds. The molecule has 1 aromatic heterocycles. The van der Waals surface area contributed by atoms with Crippen LogP contribution in [0.1, 0.15) is 0 Å². The molecule has 9 aromatic rings. The van der Waals surface area contributed by atoms with E-state index in [1.807, 2.05) is 18.2 Å². The number of rotatable bonds is 8. The predicted octanol–water partition coefficient (Wildman–Crippen LogP) is 14.2. The van der Waals surface area contributed by atoms with Crippen LogP contribution < -0.4 is 4.90 Å². The molecule has 0 saturated carbocycles. The summed E-state index contributed by atoms with van der Waals surface area (Å²) in [5.41, 5.74) is 14.7. The Labute approximate surface area is 304 Å². The van der Waals surface area contributed by atoms with Crippen molar-refractivity contribution in [3.8, 4) is 55.8 Å². The minimum Gasteiger partial charge on any atom is -0.456 e. The molecule has 0 radical (unpaired) electrons. The predicted molar refractivity (Wildman–Crippen MR) is 218 cm³/mol. The van der Waals surface area contributed by atoms with Gasteiger partial charge in [-0.15, -0.1) is 0 Å². The lowest BCUT2D eigenvalue weighted by molar-refractivity contribution is 0.631. The van der Waals surface area contributed by atoms with Crippen LogP contribution in [0.25, 0.3) is 66.8 Å². The number of furan rings is 1. The quantitative estimate of drug-likeness (QED) is 0.161. The molecule has 0 unspecified atom stereocenters. The first-order chi connectivity index (χ1) is 25.8. The zero-order valence-corrected chi connectivity index (χ0v) is 28.6. The lowest BCUT2D eigenvalue weighted by Gasteiger charge is -2.30. The lowest BCUT2D eigenvalue weighted by atomic mass is 9.97. The molecule has 0 bridgehead atoms. The second-order valence-electron chi connectivity index (χ2n) is 13.0. The van der Waals surface area contributed by atoms with Crippen LogP contribution >= 0.6 is 0 Å². The van der Waals surface area contributed by atoms with Gasteiger partial charge in [-0.3, -0.25) is 0 Å². The number of hydrogen-bond acceptors (Lipinski definition) is 2. The summed E-state index contributed by atoms with van der Waals surface area (Å²) >= 11 is 0. The highest BCUT2D eigenvalue weighted by atomic mass is 16.3. The van der Waals surface area contributed by atoms with Crippen molar-refractivity contribution in [1.82, 2.24) is 0 Å². The molecule has 0 saturated heterocycles. The molecule has 0 atom stereocenters. The molecule has 0 aliphatic heterocycles. The Morgan fingerprint density at radius 3 is 1.37 bits per heavy atom. The van der Waals surface area contributed by atoms with Crippen LogP contribution in [-0.4, -0.2) is 0 Å². The van der Waals surface area contributed by atoms with Crippen molar-refractivity contribution in [2.45, 2.75) is 0 Å². The van der Waals surface area contributed by atoms with Crippen LogP contribution in [0.3, 0.4) is 0 Å². The molecular weight excluding hydrogens is 631 g/mol. The van der Waals surface area contributed by atoms with Crippen molar-refractivity contribution < 1.29 is 4.42 Å². The number of fused-ring (bicyclic) bond motifs is 1. The van der Waals surface area contributed by atoms with Crippen molar-refractivity contribution in [3.63, 3.8) is 0 Å². The highest BCUT2D eigenvalue weighted by Gasteiger charge is 2.20. The van der Waals surface area contributed by atoms with E-state index >= 15 is 0 Å². The largest absolute Gasteiger partial charge is 0.456 e. The maximum Gasteiger partial charge on any atom is 0.135 e. The summed E-state index contributed by atoms with van der Waals surface area (Å²) in [6, 6.07) is 75.3. The maximum atomic E-state index is 6.16. The minimum atomic E-state index is 0.881. The summed E-state index contributed by atoms with van der Waals surface area (Å²) in [5.74, 6) is 0.881. The van der Waals surface area contributed by atoms with Gasteiger partial charge < -0.3 is 9.32 Å². The summed E-state index contributed by atoms with van der Waals surface area (Å²) in [4.78, 5) is 2.40. The third-order valence-electron chi connectivity index (χ3n) is 9.71. The fraction of sp³-hybridized carbons (Fsp3) is 0. The number of nitrogens with zero attached hydrogens (tertiary/aromatic N) is 1. The molecule has 0 N–H and O–H groups in total. The van der Waals surface area contributed by atoms with Crippen LogP contribution in [0.2, 0.25) is 0 Å². The highest BCUT2D eigenvalue weighted by molar-refractivity contribution is 5.94. The van der Waals surface area contributed by atoms with E-state index < -0.39 is 0 Å². The third-order valence-corrected chi connectivity index (χ3v) is 9.71. The maximum absolute atomic E-state index is 6.16. The lowest BCUT2D eigenvalue weighted by Crippen LogP contribution is -2.12. The van der Waals surface area contributed by atoms with Crippen molar-refractivity contribution in [2.75, 3.05) is 4.90 Å². The second kappa shape index (κ2) is 13.8. The standard InChI is InChI=1S/C50H35NO/c1-3-14-39(15-4-1)45-21-8-10-23-47(45)51(48-24-11-9-22-46(48)40-16-5-2-6-17-40)44-32-30-37(31-33-44)36-26-28-38(29-27-36)41-19-13-20-42(34-41)50-35-43-18-7-12-25-49(43)52-50/h1-35H. The molecule has 9 rings (SSSR count). The Morgan fingerprint density at radius 2 is 0.769 bits per heavy atom. The third kappa shape index (κ3) is 6.08. The second-order valence-corrected chi connectivity index (χ2v) is 13.0. The molecule has 0 aliphatic rings. The molecule has 52 heavy (non-hydrogen) atoms. The Hall–Kier alpha value is -6.90. The zero-order valence-electron chi connectivity index (χ0n) is 28.6. The van der Waals surface area contributed by atoms with E-state index in [4.69, 9.17) is 4.42 Å². The summed E-state index contributed by atoms with van der Waals surface area (Å²) in [6.45, 7) is 0. The van der Waals surface area contributed by atoms with E-state index in [1.165, 1.54) is 38.9 Å². The smallest absolute Gasteiger partial charge is 0.135 e.